The van der Waals surface area contributed by atoms with Gasteiger partial charge >= 0.3 is 6.09 Å². The first-order chi connectivity index (χ1) is 6.00. The summed E-state index contributed by atoms with van der Waals surface area (Å²) in [6.07, 6.45) is -1.14. The zero-order chi connectivity index (χ0) is 10.0. The van der Waals surface area contributed by atoms with Gasteiger partial charge in [-0.15, -0.1) is 0 Å². The van der Waals surface area contributed by atoms with Crippen LogP contribution in [-0.4, -0.2) is 11.2 Å². The minimum absolute atomic E-state index is 0.326. The Labute approximate surface area is 75.2 Å². The number of halogens is 1. The molecule has 0 saturated heterocycles. The van der Waals surface area contributed by atoms with Crippen molar-refractivity contribution >= 4 is 11.8 Å². The Bertz CT molecular complexity index is 350. The molecule has 0 saturated carbocycles. The molecule has 70 valence electrons. The van der Waals surface area contributed by atoms with Gasteiger partial charge in [0.25, 0.3) is 0 Å². The van der Waals surface area contributed by atoms with E-state index < -0.39 is 6.09 Å². The summed E-state index contributed by atoms with van der Waals surface area (Å²) in [6, 6.07) is 2.78. The molecule has 2 N–H and O–H groups in total. The maximum absolute atomic E-state index is 12.9. The number of carboxylic acid groups (broad SMARTS) is 1. The summed E-state index contributed by atoms with van der Waals surface area (Å²) in [5, 5.41) is 10.6. The van der Waals surface area contributed by atoms with Crippen LogP contribution in [0.25, 0.3) is 0 Å². The van der Waals surface area contributed by atoms with Gasteiger partial charge in [0.15, 0.2) is 0 Å². The molecule has 0 aromatic heterocycles. The summed E-state index contributed by atoms with van der Waals surface area (Å²) in [7, 11) is 0. The quantitative estimate of drug-likeness (QED) is 0.702. The summed E-state index contributed by atoms with van der Waals surface area (Å²) in [4.78, 5) is 10.3. The second-order valence-corrected chi connectivity index (χ2v) is 2.85. The van der Waals surface area contributed by atoms with Crippen molar-refractivity contribution in [3.8, 4) is 0 Å². The van der Waals surface area contributed by atoms with Crippen LogP contribution in [0, 0.1) is 19.7 Å². The van der Waals surface area contributed by atoms with Gasteiger partial charge in [0.05, 0.1) is 0 Å². The molecular formula is C9H10FNO2. The molecule has 0 radical (unpaired) electrons. The van der Waals surface area contributed by atoms with E-state index in [1.54, 1.807) is 13.8 Å². The van der Waals surface area contributed by atoms with E-state index in [0.717, 1.165) is 0 Å². The predicted octanol–water partition coefficient (Wildman–Crippen LogP) is 2.53. The number of carbonyl (C=O) groups is 1. The van der Waals surface area contributed by atoms with Crippen LogP contribution in [-0.2, 0) is 0 Å². The van der Waals surface area contributed by atoms with Crippen molar-refractivity contribution in [1.29, 1.82) is 0 Å². The normalized spacial score (nSPS) is 9.77. The predicted molar refractivity (Wildman–Crippen MR) is 47.5 cm³/mol. The Balaban J connectivity index is 3.08. The first-order valence-electron chi connectivity index (χ1n) is 3.77. The van der Waals surface area contributed by atoms with E-state index in [9.17, 15) is 9.18 Å². The number of rotatable bonds is 1. The number of amides is 1. The second kappa shape index (κ2) is 3.43. The van der Waals surface area contributed by atoms with E-state index >= 15 is 0 Å². The van der Waals surface area contributed by atoms with Gasteiger partial charge in [-0.2, -0.15) is 0 Å². The van der Waals surface area contributed by atoms with Crippen LogP contribution in [0.2, 0.25) is 0 Å². The number of nitrogens with one attached hydrogen (secondary N) is 1. The van der Waals surface area contributed by atoms with Crippen molar-refractivity contribution in [2.75, 3.05) is 5.32 Å². The third-order valence-corrected chi connectivity index (χ3v) is 1.75. The van der Waals surface area contributed by atoms with E-state index in [1.807, 2.05) is 0 Å². The molecule has 0 aliphatic carbocycles. The molecule has 0 bridgehead atoms. The fourth-order valence-electron chi connectivity index (χ4n) is 1.03. The molecule has 4 heteroatoms. The van der Waals surface area contributed by atoms with Gasteiger partial charge in [-0.3, -0.25) is 5.32 Å². The molecule has 0 atom stereocenters. The van der Waals surface area contributed by atoms with Gasteiger partial charge in [-0.25, -0.2) is 9.18 Å². The van der Waals surface area contributed by atoms with E-state index in [2.05, 4.69) is 5.32 Å². The SMILES string of the molecule is Cc1cc(NC(=O)O)c(C)cc1F. The van der Waals surface area contributed by atoms with Crippen LogP contribution in [0.1, 0.15) is 11.1 Å². The molecule has 0 aliphatic rings. The minimum atomic E-state index is -1.14. The maximum atomic E-state index is 12.9. The number of anilines is 1. The zero-order valence-corrected chi connectivity index (χ0v) is 7.39. The summed E-state index contributed by atoms with van der Waals surface area (Å²) < 4.78 is 12.9. The Kier molecular flexibility index (Phi) is 2.51. The molecule has 0 spiro atoms. The average Bonchev–Trinajstić information content (AvgIpc) is 1.99. The highest BCUT2D eigenvalue weighted by Crippen LogP contribution is 2.19. The fraction of sp³-hybridized carbons (Fsp3) is 0.222. The zero-order valence-electron chi connectivity index (χ0n) is 7.39. The molecule has 1 aromatic rings. The van der Waals surface area contributed by atoms with Gasteiger partial charge in [-0.05, 0) is 37.1 Å². The number of hydrogen-bond acceptors (Lipinski definition) is 1. The molecule has 0 aliphatic heterocycles. The van der Waals surface area contributed by atoms with Gasteiger partial charge < -0.3 is 5.11 Å². The van der Waals surface area contributed by atoms with Crippen molar-refractivity contribution in [3.05, 3.63) is 29.1 Å². The first kappa shape index (κ1) is 9.51. The summed E-state index contributed by atoms with van der Waals surface area (Å²) in [5.41, 5.74) is 1.42. The van der Waals surface area contributed by atoms with Crippen molar-refractivity contribution in [1.82, 2.24) is 0 Å². The Morgan fingerprint density at radius 1 is 1.38 bits per heavy atom. The third kappa shape index (κ3) is 2.18. The van der Waals surface area contributed by atoms with E-state index in [4.69, 9.17) is 5.11 Å². The van der Waals surface area contributed by atoms with Crippen LogP contribution < -0.4 is 5.32 Å². The van der Waals surface area contributed by atoms with E-state index in [1.165, 1.54) is 12.1 Å². The number of benzene rings is 1. The lowest BCUT2D eigenvalue weighted by Gasteiger charge is -2.06. The molecular weight excluding hydrogens is 173 g/mol. The Morgan fingerprint density at radius 3 is 2.54 bits per heavy atom. The molecule has 1 aromatic carbocycles. The Morgan fingerprint density at radius 2 is 2.00 bits per heavy atom. The van der Waals surface area contributed by atoms with Crippen LogP contribution in [0.4, 0.5) is 14.9 Å². The van der Waals surface area contributed by atoms with Crippen molar-refractivity contribution in [2.45, 2.75) is 13.8 Å². The minimum Gasteiger partial charge on any atom is -0.465 e. The van der Waals surface area contributed by atoms with Gasteiger partial charge in [0.1, 0.15) is 5.82 Å². The second-order valence-electron chi connectivity index (χ2n) is 2.85. The van der Waals surface area contributed by atoms with Gasteiger partial charge in [-0.1, -0.05) is 0 Å². The van der Waals surface area contributed by atoms with Crippen molar-refractivity contribution in [2.24, 2.45) is 0 Å². The standard InChI is InChI=1S/C9H10FNO2/c1-5-4-8(11-9(12)13)6(2)3-7(5)10/h3-4,11H,1-2H3,(H,12,13). The van der Waals surface area contributed by atoms with E-state index in [0.29, 0.717) is 16.8 Å². The maximum Gasteiger partial charge on any atom is 0.409 e. The summed E-state index contributed by atoms with van der Waals surface area (Å²) in [5.74, 6) is -0.326. The topological polar surface area (TPSA) is 49.3 Å². The highest BCUT2D eigenvalue weighted by Gasteiger charge is 2.05. The van der Waals surface area contributed by atoms with Crippen LogP contribution in [0.3, 0.4) is 0 Å². The Hall–Kier alpha value is -1.58. The molecule has 13 heavy (non-hydrogen) atoms. The third-order valence-electron chi connectivity index (χ3n) is 1.75. The van der Waals surface area contributed by atoms with E-state index in [-0.39, 0.29) is 5.82 Å². The lowest BCUT2D eigenvalue weighted by Crippen LogP contribution is -2.09. The summed E-state index contributed by atoms with van der Waals surface area (Å²) in [6.45, 7) is 3.23. The lowest BCUT2D eigenvalue weighted by molar-refractivity contribution is 0.209. The highest BCUT2D eigenvalue weighted by molar-refractivity contribution is 5.84. The van der Waals surface area contributed by atoms with Crippen molar-refractivity contribution in [3.63, 3.8) is 0 Å². The highest BCUT2D eigenvalue weighted by atomic mass is 19.1. The number of hydrogen-bond donors (Lipinski definition) is 2. The number of aryl methyl sites for hydroxylation is 2. The largest absolute Gasteiger partial charge is 0.465 e. The van der Waals surface area contributed by atoms with Crippen LogP contribution in [0.15, 0.2) is 12.1 Å². The molecule has 0 fully saturated rings. The molecule has 0 unspecified atom stereocenters. The first-order valence-corrected chi connectivity index (χ1v) is 3.77. The van der Waals surface area contributed by atoms with Crippen LogP contribution in [0.5, 0.6) is 0 Å². The molecule has 1 rings (SSSR count). The molecule has 1 amide bonds. The van der Waals surface area contributed by atoms with Gasteiger partial charge in [0.2, 0.25) is 0 Å². The average molecular weight is 183 g/mol. The van der Waals surface area contributed by atoms with Crippen molar-refractivity contribution < 1.29 is 14.3 Å². The summed E-state index contributed by atoms with van der Waals surface area (Å²) >= 11 is 0. The lowest BCUT2D eigenvalue weighted by atomic mass is 10.1. The molecule has 0 heterocycles. The van der Waals surface area contributed by atoms with Crippen LogP contribution >= 0.6 is 0 Å². The molecule has 3 nitrogen and oxygen atoms in total. The van der Waals surface area contributed by atoms with Gasteiger partial charge in [0, 0.05) is 5.69 Å². The smallest absolute Gasteiger partial charge is 0.409 e. The fourth-order valence-corrected chi connectivity index (χ4v) is 1.03. The monoisotopic (exact) mass is 183 g/mol.